The van der Waals surface area contributed by atoms with Crippen molar-refractivity contribution < 1.29 is 4.18 Å². The van der Waals surface area contributed by atoms with Crippen LogP contribution in [0.25, 0.3) is 0 Å². The number of benzene rings is 1. The quantitative estimate of drug-likeness (QED) is 0.455. The monoisotopic (exact) mass is 186 g/mol. The SMILES string of the molecule is CC1(Cl)OSc2ccccc21. The Morgan fingerprint density at radius 1 is 1.45 bits per heavy atom. The summed E-state index contributed by atoms with van der Waals surface area (Å²) in [6, 6.07) is 7.94. The fraction of sp³-hybridized carbons (Fsp3) is 0.250. The minimum absolute atomic E-state index is 0.638. The predicted molar refractivity (Wildman–Crippen MR) is 46.6 cm³/mol. The lowest BCUT2D eigenvalue weighted by molar-refractivity contribution is 0.233. The zero-order valence-corrected chi connectivity index (χ0v) is 7.58. The smallest absolute Gasteiger partial charge is 0.179 e. The molecule has 1 nitrogen and oxygen atoms in total. The summed E-state index contributed by atoms with van der Waals surface area (Å²) in [5.74, 6) is 0. The highest BCUT2D eigenvalue weighted by molar-refractivity contribution is 7.95. The maximum absolute atomic E-state index is 6.06. The van der Waals surface area contributed by atoms with Gasteiger partial charge in [0, 0.05) is 22.5 Å². The van der Waals surface area contributed by atoms with E-state index in [2.05, 4.69) is 0 Å². The van der Waals surface area contributed by atoms with Gasteiger partial charge in [0.05, 0.1) is 0 Å². The Bertz CT molecular complexity index is 285. The molecule has 1 aromatic carbocycles. The maximum Gasteiger partial charge on any atom is 0.179 e. The van der Waals surface area contributed by atoms with Crippen LogP contribution < -0.4 is 0 Å². The molecular formula is C8H7ClOS. The third-order valence-electron chi connectivity index (χ3n) is 1.66. The lowest BCUT2D eigenvalue weighted by Crippen LogP contribution is -2.09. The summed E-state index contributed by atoms with van der Waals surface area (Å²) >= 11 is 7.40. The fourth-order valence-corrected chi connectivity index (χ4v) is 2.21. The van der Waals surface area contributed by atoms with Crippen molar-refractivity contribution >= 4 is 23.6 Å². The molecule has 0 N–H and O–H groups in total. The van der Waals surface area contributed by atoms with E-state index in [1.807, 2.05) is 31.2 Å². The molecule has 1 heterocycles. The van der Waals surface area contributed by atoms with Gasteiger partial charge in [0.25, 0.3) is 0 Å². The van der Waals surface area contributed by atoms with Gasteiger partial charge in [-0.15, -0.1) is 0 Å². The number of rotatable bonds is 0. The highest BCUT2D eigenvalue weighted by Gasteiger charge is 2.34. The third-order valence-corrected chi connectivity index (χ3v) is 2.98. The number of halogens is 1. The summed E-state index contributed by atoms with van der Waals surface area (Å²) in [7, 11) is 0. The van der Waals surface area contributed by atoms with Gasteiger partial charge < -0.3 is 0 Å². The minimum Gasteiger partial charge on any atom is -0.283 e. The number of hydrogen-bond donors (Lipinski definition) is 0. The highest BCUT2D eigenvalue weighted by atomic mass is 35.5. The van der Waals surface area contributed by atoms with E-state index in [0.717, 1.165) is 10.5 Å². The second-order valence-corrected chi connectivity index (χ2v) is 4.07. The first-order chi connectivity index (χ1) is 5.20. The van der Waals surface area contributed by atoms with Crippen molar-refractivity contribution in [2.24, 2.45) is 0 Å². The molecular weight excluding hydrogens is 180 g/mol. The van der Waals surface area contributed by atoms with Crippen LogP contribution in [0, 0.1) is 0 Å². The van der Waals surface area contributed by atoms with Gasteiger partial charge in [0.1, 0.15) is 0 Å². The van der Waals surface area contributed by atoms with Crippen molar-refractivity contribution in [3.8, 4) is 0 Å². The lowest BCUT2D eigenvalue weighted by Gasteiger charge is -2.12. The van der Waals surface area contributed by atoms with E-state index in [0.29, 0.717) is 0 Å². The van der Waals surface area contributed by atoms with E-state index in [1.54, 1.807) is 0 Å². The van der Waals surface area contributed by atoms with Gasteiger partial charge in [0.2, 0.25) is 0 Å². The molecule has 1 atom stereocenters. The zero-order valence-electron chi connectivity index (χ0n) is 6.00. The average Bonchev–Trinajstić information content (AvgIpc) is 2.29. The number of hydrogen-bond acceptors (Lipinski definition) is 2. The molecule has 58 valence electrons. The second kappa shape index (κ2) is 2.41. The summed E-state index contributed by atoms with van der Waals surface area (Å²) in [5, 5.41) is -0.638. The molecule has 1 aliphatic rings. The predicted octanol–water partition coefficient (Wildman–Crippen LogP) is 3.14. The summed E-state index contributed by atoms with van der Waals surface area (Å²) in [6.07, 6.45) is 0. The maximum atomic E-state index is 6.06. The van der Waals surface area contributed by atoms with Crippen LogP contribution >= 0.6 is 23.6 Å². The van der Waals surface area contributed by atoms with Crippen LogP contribution in [-0.4, -0.2) is 0 Å². The van der Waals surface area contributed by atoms with E-state index in [9.17, 15) is 0 Å². The van der Waals surface area contributed by atoms with Gasteiger partial charge in [-0.1, -0.05) is 29.8 Å². The zero-order chi connectivity index (χ0) is 7.90. The molecule has 0 spiro atoms. The summed E-state index contributed by atoms with van der Waals surface area (Å²) < 4.78 is 5.29. The van der Waals surface area contributed by atoms with Crippen molar-refractivity contribution in [3.05, 3.63) is 29.8 Å². The van der Waals surface area contributed by atoms with Crippen LogP contribution in [0.3, 0.4) is 0 Å². The molecule has 0 saturated carbocycles. The fourth-order valence-electron chi connectivity index (χ4n) is 1.08. The van der Waals surface area contributed by atoms with Gasteiger partial charge >= 0.3 is 0 Å². The molecule has 0 aliphatic carbocycles. The van der Waals surface area contributed by atoms with Gasteiger partial charge in [-0.25, -0.2) is 0 Å². The molecule has 11 heavy (non-hydrogen) atoms. The standard InChI is InChI=1S/C8H7ClOS/c1-8(9)6-4-2-3-5-7(6)11-10-8/h2-5H,1H3. The number of fused-ring (bicyclic) bond motifs is 1. The normalized spacial score (nSPS) is 28.5. The van der Waals surface area contributed by atoms with Crippen molar-refractivity contribution in [3.63, 3.8) is 0 Å². The Kier molecular flexibility index (Phi) is 1.63. The molecule has 0 aromatic heterocycles. The van der Waals surface area contributed by atoms with Gasteiger partial charge in [-0.05, 0) is 13.0 Å². The van der Waals surface area contributed by atoms with Gasteiger partial charge in [-0.3, -0.25) is 4.18 Å². The molecule has 3 heteroatoms. The first kappa shape index (κ1) is 7.47. The van der Waals surface area contributed by atoms with Crippen molar-refractivity contribution in [1.29, 1.82) is 0 Å². The first-order valence-electron chi connectivity index (χ1n) is 3.34. The van der Waals surface area contributed by atoms with Gasteiger partial charge in [0.15, 0.2) is 5.06 Å². The molecule has 2 rings (SSSR count). The Labute approximate surface area is 74.9 Å². The van der Waals surface area contributed by atoms with Crippen LogP contribution in [0.1, 0.15) is 12.5 Å². The molecule has 1 aliphatic heterocycles. The van der Waals surface area contributed by atoms with Crippen LogP contribution in [0.5, 0.6) is 0 Å². The van der Waals surface area contributed by atoms with E-state index in [-0.39, 0.29) is 0 Å². The topological polar surface area (TPSA) is 9.23 Å². The van der Waals surface area contributed by atoms with Crippen LogP contribution in [0.15, 0.2) is 29.2 Å². The van der Waals surface area contributed by atoms with E-state index in [4.69, 9.17) is 15.8 Å². The summed E-state index contributed by atoms with van der Waals surface area (Å²) in [6.45, 7) is 1.85. The van der Waals surface area contributed by atoms with Crippen LogP contribution in [-0.2, 0) is 9.24 Å². The largest absolute Gasteiger partial charge is 0.283 e. The Hall–Kier alpha value is -0.180. The Balaban J connectivity index is 2.56. The molecule has 1 aromatic rings. The number of alkyl halides is 1. The second-order valence-electron chi connectivity index (χ2n) is 2.58. The Morgan fingerprint density at radius 3 is 2.91 bits per heavy atom. The molecule has 0 amide bonds. The Morgan fingerprint density at radius 2 is 2.18 bits per heavy atom. The van der Waals surface area contributed by atoms with Crippen molar-refractivity contribution in [2.45, 2.75) is 16.9 Å². The molecule has 1 unspecified atom stereocenters. The molecule has 0 bridgehead atoms. The average molecular weight is 187 g/mol. The third kappa shape index (κ3) is 1.15. The lowest BCUT2D eigenvalue weighted by atomic mass is 10.1. The van der Waals surface area contributed by atoms with Crippen LogP contribution in [0.2, 0.25) is 0 Å². The van der Waals surface area contributed by atoms with Gasteiger partial charge in [-0.2, -0.15) is 0 Å². The molecule has 0 fully saturated rings. The van der Waals surface area contributed by atoms with E-state index >= 15 is 0 Å². The summed E-state index contributed by atoms with van der Waals surface area (Å²) in [4.78, 5) is 1.12. The van der Waals surface area contributed by atoms with E-state index < -0.39 is 5.06 Å². The molecule has 0 saturated heterocycles. The first-order valence-corrected chi connectivity index (χ1v) is 4.46. The molecule has 0 radical (unpaired) electrons. The van der Waals surface area contributed by atoms with Crippen molar-refractivity contribution in [1.82, 2.24) is 0 Å². The minimum atomic E-state index is -0.638. The van der Waals surface area contributed by atoms with Crippen LogP contribution in [0.4, 0.5) is 0 Å². The van der Waals surface area contributed by atoms with E-state index in [1.165, 1.54) is 12.0 Å². The van der Waals surface area contributed by atoms with Crippen molar-refractivity contribution in [2.75, 3.05) is 0 Å². The highest BCUT2D eigenvalue weighted by Crippen LogP contribution is 2.47. The summed E-state index contributed by atoms with van der Waals surface area (Å²) in [5.41, 5.74) is 1.06.